The van der Waals surface area contributed by atoms with Gasteiger partial charge >= 0.3 is 0 Å². The molecule has 0 saturated heterocycles. The maximum Gasteiger partial charge on any atom is 0.258 e. The topological polar surface area (TPSA) is 49.8 Å². The molecule has 1 heterocycles. The monoisotopic (exact) mass is 407 g/mol. The minimum atomic E-state index is -0.0387. The first-order valence-corrected chi connectivity index (χ1v) is 7.76. The number of hydrogen-bond donors (Lipinski definition) is 1. The van der Waals surface area contributed by atoms with Gasteiger partial charge in [-0.2, -0.15) is 0 Å². The number of nitrogens with zero attached hydrogens (tertiary/aromatic N) is 1. The fraction of sp³-hybridized carbons (Fsp3) is 0.118. The highest BCUT2D eigenvalue weighted by Gasteiger charge is 2.29. The Labute approximate surface area is 142 Å². The fourth-order valence-electron chi connectivity index (χ4n) is 2.54. The first-order valence-electron chi connectivity index (χ1n) is 6.68. The van der Waals surface area contributed by atoms with E-state index in [1.807, 2.05) is 59.0 Å². The van der Waals surface area contributed by atoms with E-state index in [0.29, 0.717) is 14.9 Å². The lowest BCUT2D eigenvalue weighted by atomic mass is 10.0. The minimum absolute atomic E-state index is 0.0387. The number of amides is 1. The molecule has 22 heavy (non-hydrogen) atoms. The van der Waals surface area contributed by atoms with Crippen molar-refractivity contribution in [2.45, 2.75) is 0 Å². The second-order valence-corrected chi connectivity index (χ2v) is 6.16. The van der Waals surface area contributed by atoms with E-state index in [1.54, 1.807) is 18.0 Å². The number of rotatable bonds is 2. The predicted octanol–water partition coefficient (Wildman–Crippen LogP) is 3.52. The van der Waals surface area contributed by atoms with Gasteiger partial charge in [0.15, 0.2) is 11.5 Å². The highest BCUT2D eigenvalue weighted by molar-refractivity contribution is 14.1. The standard InChI is InChI=1S/C17H14INO3/c1-19-14-6-4-3-5-11(14)12(17(19)21)7-10-8-13(18)16(20)15(9-10)22-2/h3-9,20H,1-2H3/b12-7+. The zero-order chi connectivity index (χ0) is 15.9. The Hall–Kier alpha value is -2.02. The van der Waals surface area contributed by atoms with Gasteiger partial charge in [0.25, 0.3) is 5.91 Å². The zero-order valence-electron chi connectivity index (χ0n) is 12.1. The van der Waals surface area contributed by atoms with Crippen LogP contribution >= 0.6 is 22.6 Å². The first kappa shape index (κ1) is 14.9. The second-order valence-electron chi connectivity index (χ2n) is 4.99. The second kappa shape index (κ2) is 5.64. The molecule has 0 aromatic heterocycles. The average molecular weight is 407 g/mol. The summed E-state index contributed by atoms with van der Waals surface area (Å²) in [6.45, 7) is 0. The van der Waals surface area contributed by atoms with Crippen LogP contribution in [0, 0.1) is 3.57 Å². The van der Waals surface area contributed by atoms with Crippen LogP contribution < -0.4 is 9.64 Å². The molecule has 0 aliphatic carbocycles. The summed E-state index contributed by atoms with van der Waals surface area (Å²) in [7, 11) is 3.27. The molecule has 4 nitrogen and oxygen atoms in total. The van der Waals surface area contributed by atoms with Gasteiger partial charge in [0.05, 0.1) is 16.4 Å². The molecular weight excluding hydrogens is 393 g/mol. The Bertz CT molecular complexity index is 798. The summed E-state index contributed by atoms with van der Waals surface area (Å²) in [5, 5.41) is 9.91. The normalized spacial score (nSPS) is 15.3. The molecule has 2 aromatic rings. The third kappa shape index (κ3) is 2.35. The largest absolute Gasteiger partial charge is 0.504 e. The molecule has 112 valence electrons. The van der Waals surface area contributed by atoms with E-state index >= 15 is 0 Å². The molecule has 2 aromatic carbocycles. The molecule has 0 unspecified atom stereocenters. The van der Waals surface area contributed by atoms with Gasteiger partial charge in [-0.3, -0.25) is 4.79 Å². The lowest BCUT2D eigenvalue weighted by molar-refractivity contribution is -0.112. The highest BCUT2D eigenvalue weighted by Crippen LogP contribution is 2.38. The molecule has 0 atom stereocenters. The van der Waals surface area contributed by atoms with Gasteiger partial charge in [-0.15, -0.1) is 0 Å². The maximum atomic E-state index is 12.4. The Morgan fingerprint density at radius 1 is 1.27 bits per heavy atom. The van der Waals surface area contributed by atoms with Crippen LogP contribution in [0.3, 0.4) is 0 Å². The molecule has 0 saturated carbocycles. The number of likely N-dealkylation sites (N-methyl/N-ethyl adjacent to an activating group) is 1. The van der Waals surface area contributed by atoms with E-state index in [4.69, 9.17) is 4.74 Å². The molecule has 0 spiro atoms. The molecule has 0 bridgehead atoms. The Morgan fingerprint density at radius 2 is 2.00 bits per heavy atom. The fourth-order valence-corrected chi connectivity index (χ4v) is 3.16. The van der Waals surface area contributed by atoms with Crippen LogP contribution in [0.2, 0.25) is 0 Å². The number of fused-ring (bicyclic) bond motifs is 1. The minimum Gasteiger partial charge on any atom is -0.504 e. The van der Waals surface area contributed by atoms with Crippen molar-refractivity contribution in [1.82, 2.24) is 0 Å². The van der Waals surface area contributed by atoms with Crippen LogP contribution in [0.15, 0.2) is 36.4 Å². The Balaban J connectivity index is 2.14. The van der Waals surface area contributed by atoms with Gasteiger partial charge < -0.3 is 14.7 Å². The molecule has 0 fully saturated rings. The van der Waals surface area contributed by atoms with Gasteiger partial charge in [-0.1, -0.05) is 18.2 Å². The zero-order valence-corrected chi connectivity index (χ0v) is 14.3. The van der Waals surface area contributed by atoms with Crippen LogP contribution in [0.1, 0.15) is 11.1 Å². The van der Waals surface area contributed by atoms with E-state index in [0.717, 1.165) is 16.8 Å². The van der Waals surface area contributed by atoms with E-state index < -0.39 is 0 Å². The van der Waals surface area contributed by atoms with Crippen molar-refractivity contribution in [1.29, 1.82) is 0 Å². The molecule has 1 aliphatic rings. The van der Waals surface area contributed by atoms with Crippen LogP contribution in [-0.4, -0.2) is 25.2 Å². The number of aromatic hydroxyl groups is 1. The number of phenols is 1. The number of methoxy groups -OCH3 is 1. The van der Waals surface area contributed by atoms with Gasteiger partial charge in [0, 0.05) is 18.2 Å². The van der Waals surface area contributed by atoms with Crippen LogP contribution in [0.4, 0.5) is 5.69 Å². The smallest absolute Gasteiger partial charge is 0.258 e. The number of carbonyl (C=O) groups is 1. The third-order valence-corrected chi connectivity index (χ3v) is 4.49. The average Bonchev–Trinajstić information content (AvgIpc) is 2.76. The summed E-state index contributed by atoms with van der Waals surface area (Å²) in [6, 6.07) is 11.2. The molecular formula is C17H14INO3. The van der Waals surface area contributed by atoms with Crippen molar-refractivity contribution in [3.63, 3.8) is 0 Å². The van der Waals surface area contributed by atoms with Crippen molar-refractivity contribution in [2.24, 2.45) is 0 Å². The number of carbonyl (C=O) groups excluding carboxylic acids is 1. The number of hydrogen-bond acceptors (Lipinski definition) is 3. The summed E-state index contributed by atoms with van der Waals surface area (Å²) in [5.41, 5.74) is 3.27. The molecule has 1 N–H and O–H groups in total. The van der Waals surface area contributed by atoms with Gasteiger partial charge in [-0.25, -0.2) is 0 Å². The van der Waals surface area contributed by atoms with Crippen molar-refractivity contribution in [2.75, 3.05) is 19.1 Å². The SMILES string of the molecule is COc1cc(/C=C2/C(=O)N(C)c3ccccc32)cc(I)c1O. The summed E-state index contributed by atoms with van der Waals surface area (Å²) < 4.78 is 5.85. The summed E-state index contributed by atoms with van der Waals surface area (Å²) in [5.74, 6) is 0.467. The number of anilines is 1. The van der Waals surface area contributed by atoms with Crippen molar-refractivity contribution in [3.05, 3.63) is 51.1 Å². The highest BCUT2D eigenvalue weighted by atomic mass is 127. The molecule has 1 amide bonds. The molecule has 1 aliphatic heterocycles. The number of para-hydroxylation sites is 1. The van der Waals surface area contributed by atoms with Crippen LogP contribution in [0.25, 0.3) is 11.6 Å². The molecule has 0 radical (unpaired) electrons. The van der Waals surface area contributed by atoms with Crippen LogP contribution in [-0.2, 0) is 4.79 Å². The lowest BCUT2D eigenvalue weighted by Crippen LogP contribution is -2.20. The lowest BCUT2D eigenvalue weighted by Gasteiger charge is -2.08. The summed E-state index contributed by atoms with van der Waals surface area (Å²) in [6.07, 6.45) is 1.83. The first-order chi connectivity index (χ1) is 10.5. The van der Waals surface area contributed by atoms with Gasteiger partial charge in [0.2, 0.25) is 0 Å². The molecule has 5 heteroatoms. The van der Waals surface area contributed by atoms with E-state index in [-0.39, 0.29) is 11.7 Å². The van der Waals surface area contributed by atoms with Crippen molar-refractivity contribution < 1.29 is 14.6 Å². The summed E-state index contributed by atoms with van der Waals surface area (Å²) >= 11 is 2.04. The quantitative estimate of drug-likeness (QED) is 0.613. The maximum absolute atomic E-state index is 12.4. The molecule has 3 rings (SSSR count). The van der Waals surface area contributed by atoms with E-state index in [9.17, 15) is 9.90 Å². The number of ether oxygens (including phenoxy) is 1. The van der Waals surface area contributed by atoms with Crippen molar-refractivity contribution in [3.8, 4) is 11.5 Å². The summed E-state index contributed by atoms with van der Waals surface area (Å²) in [4.78, 5) is 14.1. The van der Waals surface area contributed by atoms with E-state index in [2.05, 4.69) is 0 Å². The predicted molar refractivity (Wildman–Crippen MR) is 95.1 cm³/mol. The number of benzene rings is 2. The van der Waals surface area contributed by atoms with E-state index in [1.165, 1.54) is 7.11 Å². The number of halogens is 1. The Morgan fingerprint density at radius 3 is 2.73 bits per heavy atom. The van der Waals surface area contributed by atoms with Gasteiger partial charge in [-0.05, 0) is 52.4 Å². The Kier molecular flexibility index (Phi) is 3.82. The van der Waals surface area contributed by atoms with Gasteiger partial charge in [0.1, 0.15) is 0 Å². The number of phenolic OH excluding ortho intramolecular Hbond substituents is 1. The van der Waals surface area contributed by atoms with Crippen LogP contribution in [0.5, 0.6) is 11.5 Å². The third-order valence-electron chi connectivity index (χ3n) is 3.67. The van der Waals surface area contributed by atoms with Crippen molar-refractivity contribution >= 4 is 45.8 Å².